The molecule has 2 aliphatic carbocycles. The standard InChI is InChI=1S/C30H43N5O2/c1-35-28(37)30(34-29(35)31,16-15-21-7-3-2-4-8-21)19-23-11-5-9-22(17-23)10-6-12-24-20-32-27-18-25(36)13-14-26(27)33-24/h13-14,18,20-23,36H,2-12,15-17,19H2,1H3,(H2,31,34)/t22-,23?,30-/m0/s1. The number of guanidine groups is 1. The number of carbonyl (C=O) groups is 1. The summed E-state index contributed by atoms with van der Waals surface area (Å²) in [6.45, 7) is 0. The van der Waals surface area contributed by atoms with Crippen molar-refractivity contribution in [2.45, 2.75) is 102 Å². The van der Waals surface area contributed by atoms with E-state index < -0.39 is 5.54 Å². The average molecular weight is 506 g/mol. The number of aliphatic imine (C=N–C) groups is 1. The third-order valence-corrected chi connectivity index (χ3v) is 9.20. The van der Waals surface area contributed by atoms with Gasteiger partial charge in [-0.3, -0.25) is 14.7 Å². The van der Waals surface area contributed by atoms with Crippen LogP contribution in [0.4, 0.5) is 0 Å². The van der Waals surface area contributed by atoms with Crippen molar-refractivity contribution < 1.29 is 9.90 Å². The molecule has 200 valence electrons. The first-order valence-corrected chi connectivity index (χ1v) is 14.5. The molecule has 5 rings (SSSR count). The van der Waals surface area contributed by atoms with Crippen LogP contribution >= 0.6 is 0 Å². The van der Waals surface area contributed by atoms with E-state index in [4.69, 9.17) is 15.7 Å². The van der Waals surface area contributed by atoms with Gasteiger partial charge in [0, 0.05) is 19.3 Å². The molecule has 7 nitrogen and oxygen atoms in total. The van der Waals surface area contributed by atoms with E-state index in [0.29, 0.717) is 17.8 Å². The van der Waals surface area contributed by atoms with Crippen LogP contribution in [0.25, 0.3) is 11.0 Å². The maximum absolute atomic E-state index is 13.4. The Kier molecular flexibility index (Phi) is 7.96. The molecule has 37 heavy (non-hydrogen) atoms. The van der Waals surface area contributed by atoms with Gasteiger partial charge in [-0.25, -0.2) is 9.98 Å². The van der Waals surface area contributed by atoms with Crippen molar-refractivity contribution in [3.63, 3.8) is 0 Å². The predicted octanol–water partition coefficient (Wildman–Crippen LogP) is 5.74. The highest BCUT2D eigenvalue weighted by Gasteiger charge is 2.47. The van der Waals surface area contributed by atoms with Crippen LogP contribution in [-0.4, -0.2) is 44.4 Å². The number of nitrogens with zero attached hydrogens (tertiary/aromatic N) is 4. The summed E-state index contributed by atoms with van der Waals surface area (Å²) in [5.41, 5.74) is 8.11. The van der Waals surface area contributed by atoms with Gasteiger partial charge in [0.05, 0.1) is 16.7 Å². The molecule has 2 saturated carbocycles. The molecule has 1 aromatic heterocycles. The Balaban J connectivity index is 1.17. The van der Waals surface area contributed by atoms with E-state index in [1.54, 1.807) is 24.1 Å². The number of phenols is 1. The van der Waals surface area contributed by atoms with Crippen molar-refractivity contribution in [1.29, 1.82) is 0 Å². The smallest absolute Gasteiger partial charge is 0.257 e. The highest BCUT2D eigenvalue weighted by molar-refractivity contribution is 6.06. The first-order valence-electron chi connectivity index (χ1n) is 14.5. The van der Waals surface area contributed by atoms with E-state index in [1.165, 1.54) is 64.2 Å². The van der Waals surface area contributed by atoms with Crippen LogP contribution in [0.3, 0.4) is 0 Å². The number of aromatic nitrogens is 2. The van der Waals surface area contributed by atoms with Crippen LogP contribution in [0.15, 0.2) is 29.4 Å². The second-order valence-electron chi connectivity index (χ2n) is 11.9. The second kappa shape index (κ2) is 11.4. The molecule has 1 aliphatic heterocycles. The number of hydrogen-bond acceptors (Lipinski definition) is 6. The van der Waals surface area contributed by atoms with E-state index in [9.17, 15) is 9.90 Å². The summed E-state index contributed by atoms with van der Waals surface area (Å²) in [7, 11) is 1.78. The SMILES string of the molecule is CN1C(=O)[C@](CCC2CCCCC2)(CC2CCC[C@@H](CCCc3cnc4cc(O)ccc4n3)C2)N=C1N. The summed E-state index contributed by atoms with van der Waals surface area (Å²) >= 11 is 0. The van der Waals surface area contributed by atoms with Gasteiger partial charge in [-0.1, -0.05) is 57.8 Å². The fraction of sp³-hybridized carbons (Fsp3) is 0.667. The monoisotopic (exact) mass is 505 g/mol. The lowest BCUT2D eigenvalue weighted by atomic mass is 9.72. The number of likely N-dealkylation sites (N-methyl/N-ethyl adjacent to an activating group) is 1. The first-order chi connectivity index (χ1) is 17.9. The summed E-state index contributed by atoms with van der Waals surface area (Å²) in [4.78, 5) is 29.1. The minimum absolute atomic E-state index is 0.117. The Morgan fingerprint density at radius 1 is 1.03 bits per heavy atom. The largest absolute Gasteiger partial charge is 0.508 e. The first kappa shape index (κ1) is 25.9. The molecular formula is C30H43N5O2. The van der Waals surface area contributed by atoms with Crippen molar-refractivity contribution >= 4 is 22.9 Å². The highest BCUT2D eigenvalue weighted by Crippen LogP contribution is 2.42. The molecule has 1 amide bonds. The zero-order valence-electron chi connectivity index (χ0n) is 22.4. The predicted molar refractivity (Wildman–Crippen MR) is 147 cm³/mol. The quantitative estimate of drug-likeness (QED) is 0.452. The number of aromatic hydroxyl groups is 1. The zero-order valence-corrected chi connectivity index (χ0v) is 22.4. The number of benzene rings is 1. The Hall–Kier alpha value is -2.70. The molecule has 2 fully saturated rings. The van der Waals surface area contributed by atoms with Crippen molar-refractivity contribution in [2.75, 3.05) is 7.05 Å². The van der Waals surface area contributed by atoms with Crippen molar-refractivity contribution in [1.82, 2.24) is 14.9 Å². The molecule has 7 heteroatoms. The molecule has 0 radical (unpaired) electrons. The number of aryl methyl sites for hydroxylation is 1. The average Bonchev–Trinajstić information content (AvgIpc) is 3.12. The van der Waals surface area contributed by atoms with Gasteiger partial charge < -0.3 is 10.8 Å². The number of carbonyl (C=O) groups excluding carboxylic acids is 1. The lowest BCUT2D eigenvalue weighted by Gasteiger charge is -2.35. The second-order valence-corrected chi connectivity index (χ2v) is 11.9. The molecule has 0 saturated heterocycles. The summed E-state index contributed by atoms with van der Waals surface area (Å²) < 4.78 is 0. The van der Waals surface area contributed by atoms with Gasteiger partial charge >= 0.3 is 0 Å². The van der Waals surface area contributed by atoms with Gasteiger partial charge in [-0.15, -0.1) is 0 Å². The van der Waals surface area contributed by atoms with Gasteiger partial charge in [0.2, 0.25) is 0 Å². The van der Waals surface area contributed by atoms with Gasteiger partial charge in [-0.05, 0) is 68.4 Å². The fourth-order valence-electron chi connectivity index (χ4n) is 7.13. The molecule has 1 unspecified atom stereocenters. The van der Waals surface area contributed by atoms with Crippen LogP contribution in [0.2, 0.25) is 0 Å². The molecule has 3 aliphatic rings. The Morgan fingerprint density at radius 3 is 2.59 bits per heavy atom. The number of fused-ring (bicyclic) bond motifs is 1. The number of nitrogens with two attached hydrogens (primary N) is 1. The lowest BCUT2D eigenvalue weighted by molar-refractivity contribution is -0.131. The van der Waals surface area contributed by atoms with E-state index in [1.807, 2.05) is 12.3 Å². The maximum Gasteiger partial charge on any atom is 0.257 e. The van der Waals surface area contributed by atoms with Gasteiger partial charge in [0.25, 0.3) is 5.91 Å². The Bertz CT molecular complexity index is 1130. The number of phenolic OH excluding ortho intramolecular Hbond substituents is 1. The molecule has 0 spiro atoms. The van der Waals surface area contributed by atoms with Crippen LogP contribution in [0, 0.1) is 17.8 Å². The van der Waals surface area contributed by atoms with E-state index >= 15 is 0 Å². The van der Waals surface area contributed by atoms with E-state index in [2.05, 4.69) is 4.98 Å². The van der Waals surface area contributed by atoms with Crippen LogP contribution in [0.1, 0.15) is 95.6 Å². The number of rotatable bonds is 9. The van der Waals surface area contributed by atoms with Crippen molar-refractivity contribution in [3.8, 4) is 5.75 Å². The summed E-state index contributed by atoms with van der Waals surface area (Å²) in [6.07, 6.45) is 19.3. The summed E-state index contributed by atoms with van der Waals surface area (Å²) in [6, 6.07) is 5.14. The van der Waals surface area contributed by atoms with E-state index in [-0.39, 0.29) is 11.7 Å². The highest BCUT2D eigenvalue weighted by atomic mass is 16.3. The van der Waals surface area contributed by atoms with Crippen molar-refractivity contribution in [2.24, 2.45) is 28.5 Å². The Labute approximate surface area is 221 Å². The molecular weight excluding hydrogens is 462 g/mol. The zero-order chi connectivity index (χ0) is 25.8. The van der Waals surface area contributed by atoms with Crippen LogP contribution in [0.5, 0.6) is 5.75 Å². The van der Waals surface area contributed by atoms with Crippen LogP contribution < -0.4 is 5.73 Å². The van der Waals surface area contributed by atoms with Gasteiger partial charge in [0.15, 0.2) is 5.96 Å². The van der Waals surface area contributed by atoms with Crippen LogP contribution in [-0.2, 0) is 11.2 Å². The third-order valence-electron chi connectivity index (χ3n) is 9.20. The minimum Gasteiger partial charge on any atom is -0.508 e. The molecule has 0 bridgehead atoms. The maximum atomic E-state index is 13.4. The van der Waals surface area contributed by atoms with Crippen molar-refractivity contribution in [3.05, 3.63) is 30.1 Å². The third kappa shape index (κ3) is 6.07. The topological polar surface area (TPSA) is 105 Å². The van der Waals surface area contributed by atoms with Gasteiger partial charge in [0.1, 0.15) is 11.3 Å². The molecule has 2 heterocycles. The molecule has 3 atom stereocenters. The molecule has 3 N–H and O–H groups in total. The Morgan fingerprint density at radius 2 is 1.81 bits per heavy atom. The number of hydrogen-bond donors (Lipinski definition) is 2. The summed E-state index contributed by atoms with van der Waals surface area (Å²) in [5.74, 6) is 2.69. The van der Waals surface area contributed by atoms with E-state index in [0.717, 1.165) is 54.7 Å². The minimum atomic E-state index is -0.641. The van der Waals surface area contributed by atoms with Gasteiger partial charge in [-0.2, -0.15) is 0 Å². The molecule has 2 aromatic rings. The molecule has 1 aromatic carbocycles. The fourth-order valence-corrected chi connectivity index (χ4v) is 7.13. The number of amides is 1. The normalized spacial score (nSPS) is 27.1. The summed E-state index contributed by atoms with van der Waals surface area (Å²) in [5, 5.41) is 9.64. The lowest BCUT2D eigenvalue weighted by Crippen LogP contribution is -2.44.